The fourth-order valence-electron chi connectivity index (χ4n) is 7.16. The number of sulfonamides is 1. The maximum atomic E-state index is 14.0. The van der Waals surface area contributed by atoms with E-state index in [0.717, 1.165) is 12.3 Å². The van der Waals surface area contributed by atoms with Gasteiger partial charge < -0.3 is 15.6 Å². The summed E-state index contributed by atoms with van der Waals surface area (Å²) >= 11 is 7.80. The number of hydrogen-bond acceptors (Lipinski definition) is 9. The molecule has 9 nitrogen and oxygen atoms in total. The zero-order chi connectivity index (χ0) is 31.3. The molecule has 2 saturated carbocycles. The summed E-state index contributed by atoms with van der Waals surface area (Å²) in [6, 6.07) is 2.29. The largest absolute Gasteiger partial charge is 0.336 e. The average Bonchev–Trinajstić information content (AvgIpc) is 3.65. The molecular weight excluding hydrogens is 637 g/mol. The predicted octanol–water partition coefficient (Wildman–Crippen LogP) is 5.03. The Balaban J connectivity index is 1.40. The van der Waals surface area contributed by atoms with Crippen LogP contribution in [0.1, 0.15) is 49.2 Å². The number of allylic oxidation sites excluding steroid dienone is 1. The number of alkyl halides is 2. The molecule has 1 aromatic heterocycles. The first-order valence-corrected chi connectivity index (χ1v) is 17.0. The molecule has 2 aliphatic carbocycles. The van der Waals surface area contributed by atoms with Gasteiger partial charge >= 0.3 is 6.55 Å². The third-order valence-electron chi connectivity index (χ3n) is 8.84. The van der Waals surface area contributed by atoms with Crippen molar-refractivity contribution in [2.45, 2.75) is 56.5 Å². The number of halogens is 4. The summed E-state index contributed by atoms with van der Waals surface area (Å²) in [5.74, 6) is -0.373. The molecule has 3 N–H and O–H groups in total. The van der Waals surface area contributed by atoms with Crippen LogP contribution in [0.4, 0.5) is 13.2 Å². The molecule has 3 heterocycles. The zero-order valence-electron chi connectivity index (χ0n) is 23.5. The molecule has 2 aliphatic heterocycles. The lowest BCUT2D eigenvalue weighted by Gasteiger charge is -2.32. The molecule has 2 unspecified atom stereocenters. The van der Waals surface area contributed by atoms with Gasteiger partial charge in [-0.05, 0) is 42.4 Å². The summed E-state index contributed by atoms with van der Waals surface area (Å²) in [5.41, 5.74) is 1.13. The summed E-state index contributed by atoms with van der Waals surface area (Å²) in [6.07, 6.45) is 5.12. The van der Waals surface area contributed by atoms with Crippen LogP contribution in [0.2, 0.25) is 5.02 Å². The normalized spacial score (nSPS) is 28.6. The number of amidine groups is 1. The van der Waals surface area contributed by atoms with Gasteiger partial charge in [0.15, 0.2) is 10.8 Å². The molecule has 15 heteroatoms. The van der Waals surface area contributed by atoms with E-state index in [9.17, 15) is 26.4 Å². The second-order valence-corrected chi connectivity index (χ2v) is 14.8. The molecule has 0 spiro atoms. The molecule has 1 aromatic carbocycles. The Kier molecular flexibility index (Phi) is 8.46. The van der Waals surface area contributed by atoms with Crippen LogP contribution >= 0.6 is 22.9 Å². The molecule has 0 amide bonds. The first-order valence-electron chi connectivity index (χ1n) is 14.2. The fraction of sp³-hybridized carbons (Fsp3) is 0.448. The number of ketones is 1. The maximum absolute atomic E-state index is 14.0. The van der Waals surface area contributed by atoms with Gasteiger partial charge in [0, 0.05) is 71.5 Å². The van der Waals surface area contributed by atoms with E-state index >= 15 is 0 Å². The zero-order valence-corrected chi connectivity index (χ0v) is 25.9. The second kappa shape index (κ2) is 12.0. The van der Waals surface area contributed by atoms with Crippen molar-refractivity contribution < 1.29 is 26.4 Å². The Morgan fingerprint density at radius 1 is 1.27 bits per heavy atom. The number of carbonyl (C=O) groups is 1. The van der Waals surface area contributed by atoms with Gasteiger partial charge in [0.1, 0.15) is 17.6 Å². The van der Waals surface area contributed by atoms with Crippen LogP contribution in [0.15, 0.2) is 58.3 Å². The van der Waals surface area contributed by atoms with E-state index in [-0.39, 0.29) is 60.1 Å². The van der Waals surface area contributed by atoms with Crippen LogP contribution in [0.25, 0.3) is 0 Å². The molecule has 6 rings (SSSR count). The number of Topliss-reactive ketones (excluding diaryl/α,β-unsaturated/α-hetero) is 1. The van der Waals surface area contributed by atoms with Gasteiger partial charge in [-0.25, -0.2) is 22.5 Å². The number of carbonyl (C=O) groups excluding carboxylic acids is 1. The van der Waals surface area contributed by atoms with Crippen molar-refractivity contribution in [2.24, 2.45) is 22.7 Å². The third-order valence-corrected chi connectivity index (χ3v) is 12.0. The standard InChI is InChI=1S/C29H30ClF3N6O3S2/c1-14-8-15-9-18(40)12-20(14)26(15)44(41,42)38-17-11-23-24(22(34)4-5-36-29(32)33)25(19-3-2-16(31)10-21(19)30)37-27(39(23)13-17)28-35-6-7-43-28/h2-7,10,14-15,17,20,25-26,29,34,36,38H,8-9,11-13H2,1H3/b5-4-,34-22?/t14-,15?,17-,20+,25-,26?/m0/s1. The summed E-state index contributed by atoms with van der Waals surface area (Å²) in [5, 5.41) is 12.5. The monoisotopic (exact) mass is 666 g/mol. The summed E-state index contributed by atoms with van der Waals surface area (Å²) < 4.78 is 70.3. The van der Waals surface area contributed by atoms with E-state index in [1.807, 2.05) is 12.2 Å². The number of aliphatic imine (C=N–C) groups is 1. The van der Waals surface area contributed by atoms with Gasteiger partial charge in [0.05, 0.1) is 11.0 Å². The van der Waals surface area contributed by atoms with E-state index < -0.39 is 39.7 Å². The first kappa shape index (κ1) is 30.9. The lowest BCUT2D eigenvalue weighted by molar-refractivity contribution is -0.121. The number of nitrogens with zero attached hydrogens (tertiary/aromatic N) is 3. The first-order chi connectivity index (χ1) is 20.9. The number of thiazole rings is 1. The van der Waals surface area contributed by atoms with Gasteiger partial charge in [-0.3, -0.25) is 9.79 Å². The van der Waals surface area contributed by atoms with Crippen molar-refractivity contribution in [1.82, 2.24) is 19.9 Å². The van der Waals surface area contributed by atoms with Crippen LogP contribution in [0.3, 0.4) is 0 Å². The van der Waals surface area contributed by atoms with Gasteiger partial charge in [0.2, 0.25) is 10.0 Å². The van der Waals surface area contributed by atoms with Gasteiger partial charge in [-0.1, -0.05) is 24.6 Å². The van der Waals surface area contributed by atoms with E-state index in [4.69, 9.17) is 22.0 Å². The molecule has 6 atom stereocenters. The number of fused-ring (bicyclic) bond motifs is 3. The Bertz CT molecular complexity index is 1680. The predicted molar refractivity (Wildman–Crippen MR) is 162 cm³/mol. The van der Waals surface area contributed by atoms with Crippen molar-refractivity contribution >= 4 is 50.3 Å². The maximum Gasteiger partial charge on any atom is 0.312 e. The van der Waals surface area contributed by atoms with E-state index in [1.165, 1.54) is 29.5 Å². The molecule has 3 fully saturated rings. The average molecular weight is 667 g/mol. The molecule has 44 heavy (non-hydrogen) atoms. The van der Waals surface area contributed by atoms with Gasteiger partial charge in [-0.2, -0.15) is 8.78 Å². The molecule has 0 radical (unpaired) electrons. The SMILES string of the molecule is C[C@H]1CC2CC(=O)C[C@H]1C2S(=O)(=O)N[C@H]1CC2=C(C(=N)/C=C\NC(F)F)[C@H](c3ccc(F)cc3Cl)N=C(c3nccs3)N2C1. The topological polar surface area (TPSA) is 128 Å². The van der Waals surface area contributed by atoms with Crippen LogP contribution in [-0.4, -0.2) is 60.0 Å². The smallest absolute Gasteiger partial charge is 0.312 e. The number of rotatable bonds is 9. The Morgan fingerprint density at radius 2 is 2.07 bits per heavy atom. The molecule has 4 aliphatic rings. The van der Waals surface area contributed by atoms with Crippen LogP contribution in [0.5, 0.6) is 0 Å². The highest BCUT2D eigenvalue weighted by Crippen LogP contribution is 2.48. The van der Waals surface area contributed by atoms with Gasteiger partial charge in [-0.15, -0.1) is 11.3 Å². The van der Waals surface area contributed by atoms with Gasteiger partial charge in [0.25, 0.3) is 0 Å². The minimum absolute atomic E-state index is 0.0676. The highest BCUT2D eigenvalue weighted by Gasteiger charge is 2.53. The minimum Gasteiger partial charge on any atom is -0.336 e. The molecule has 2 bridgehead atoms. The van der Waals surface area contributed by atoms with E-state index in [1.54, 1.807) is 16.5 Å². The summed E-state index contributed by atoms with van der Waals surface area (Å²) in [6.45, 7) is -0.656. The van der Waals surface area contributed by atoms with Crippen molar-refractivity contribution in [2.75, 3.05) is 6.54 Å². The van der Waals surface area contributed by atoms with E-state index in [0.29, 0.717) is 34.1 Å². The van der Waals surface area contributed by atoms with Crippen LogP contribution < -0.4 is 10.0 Å². The summed E-state index contributed by atoms with van der Waals surface area (Å²) in [4.78, 5) is 23.4. The highest BCUT2D eigenvalue weighted by atomic mass is 35.5. The Morgan fingerprint density at radius 3 is 2.75 bits per heavy atom. The second-order valence-electron chi connectivity index (χ2n) is 11.7. The lowest BCUT2D eigenvalue weighted by atomic mass is 9.86. The number of hydrogen-bond donors (Lipinski definition) is 3. The third kappa shape index (κ3) is 5.84. The lowest BCUT2D eigenvalue weighted by Crippen LogP contribution is -2.48. The van der Waals surface area contributed by atoms with Crippen molar-refractivity contribution in [3.63, 3.8) is 0 Å². The quantitative estimate of drug-likeness (QED) is 0.254. The van der Waals surface area contributed by atoms with Crippen molar-refractivity contribution in [1.29, 1.82) is 5.41 Å². The Hall–Kier alpha value is -3.07. The fourth-order valence-corrected chi connectivity index (χ4v) is 10.4. The molecule has 1 saturated heterocycles. The molecular formula is C29H30ClF3N6O3S2. The highest BCUT2D eigenvalue weighted by molar-refractivity contribution is 7.90. The Labute approximate surface area is 261 Å². The number of aromatic nitrogens is 1. The van der Waals surface area contributed by atoms with Crippen molar-refractivity contribution in [3.05, 3.63) is 74.7 Å². The minimum atomic E-state index is -3.84. The number of nitrogens with one attached hydrogen (secondary N) is 3. The van der Waals surface area contributed by atoms with Crippen molar-refractivity contribution in [3.8, 4) is 0 Å². The molecule has 2 aromatic rings. The van der Waals surface area contributed by atoms with E-state index in [2.05, 4.69) is 9.71 Å². The molecule has 234 valence electrons. The number of benzene rings is 1. The summed E-state index contributed by atoms with van der Waals surface area (Å²) in [7, 11) is -3.84. The van der Waals surface area contributed by atoms with Crippen LogP contribution in [-0.2, 0) is 14.8 Å². The van der Waals surface area contributed by atoms with Crippen LogP contribution in [0, 0.1) is 29.0 Å².